The molecular formula is C9H8OS2. The highest BCUT2D eigenvalue weighted by atomic mass is 32.1. The molecule has 1 heterocycles. The predicted molar refractivity (Wildman–Crippen MR) is 55.5 cm³/mol. The molecule has 0 fully saturated rings. The summed E-state index contributed by atoms with van der Waals surface area (Å²) in [5, 5.41) is 12.3. The minimum absolute atomic E-state index is 0.321. The van der Waals surface area contributed by atoms with Crippen LogP contribution in [0.15, 0.2) is 22.4 Å². The van der Waals surface area contributed by atoms with Gasteiger partial charge >= 0.3 is 0 Å². The van der Waals surface area contributed by atoms with E-state index in [1.807, 2.05) is 18.4 Å². The van der Waals surface area contributed by atoms with Crippen molar-refractivity contribution in [1.29, 1.82) is 0 Å². The predicted octanol–water partition coefficient (Wildman–Crippen LogP) is 3.20. The van der Waals surface area contributed by atoms with Gasteiger partial charge in [-0.1, -0.05) is 6.07 Å². The van der Waals surface area contributed by atoms with Gasteiger partial charge in [-0.05, 0) is 18.6 Å². The molecule has 0 radical (unpaired) electrons. The van der Waals surface area contributed by atoms with Gasteiger partial charge in [-0.25, -0.2) is 0 Å². The van der Waals surface area contributed by atoms with Gasteiger partial charge in [-0.3, -0.25) is 0 Å². The molecule has 62 valence electrons. The van der Waals surface area contributed by atoms with Crippen molar-refractivity contribution in [2.24, 2.45) is 0 Å². The molecular weight excluding hydrogens is 188 g/mol. The first-order valence-electron chi connectivity index (χ1n) is 3.59. The van der Waals surface area contributed by atoms with Crippen molar-refractivity contribution < 1.29 is 5.11 Å². The Morgan fingerprint density at radius 1 is 1.42 bits per heavy atom. The highest BCUT2D eigenvalue weighted by Gasteiger charge is 2.07. The maximum Gasteiger partial charge on any atom is 0.125 e. The summed E-state index contributed by atoms with van der Waals surface area (Å²) in [6.45, 7) is 2.03. The molecule has 2 rings (SSSR count). The zero-order valence-corrected chi connectivity index (χ0v) is 8.25. The SMILES string of the molecule is Cc1ccc(O)c2c(S)csc12. The van der Waals surface area contributed by atoms with Crippen LogP contribution in [-0.4, -0.2) is 5.11 Å². The number of thiol groups is 1. The third-order valence-electron chi connectivity index (χ3n) is 1.88. The molecule has 0 bridgehead atoms. The van der Waals surface area contributed by atoms with Crippen LogP contribution in [0.2, 0.25) is 0 Å². The summed E-state index contributed by atoms with van der Waals surface area (Å²) in [4.78, 5) is 0.858. The summed E-state index contributed by atoms with van der Waals surface area (Å²) in [6, 6.07) is 3.63. The van der Waals surface area contributed by atoms with E-state index in [1.165, 1.54) is 5.56 Å². The van der Waals surface area contributed by atoms with E-state index in [-0.39, 0.29) is 0 Å². The average molecular weight is 196 g/mol. The fourth-order valence-corrected chi connectivity index (χ4v) is 2.64. The Balaban J connectivity index is 2.98. The standard InChI is InChI=1S/C9H8OS2/c1-5-2-3-6(10)8-7(11)4-12-9(5)8/h2-4,10-11H,1H3. The van der Waals surface area contributed by atoms with Crippen LogP contribution in [0.4, 0.5) is 0 Å². The third kappa shape index (κ3) is 1.01. The summed E-state index contributed by atoms with van der Waals surface area (Å²) in [6.07, 6.45) is 0. The molecule has 1 aromatic carbocycles. The Bertz CT molecular complexity index is 431. The lowest BCUT2D eigenvalue weighted by Crippen LogP contribution is -1.73. The zero-order valence-electron chi connectivity index (χ0n) is 6.53. The fraction of sp³-hybridized carbons (Fsp3) is 0.111. The molecule has 0 spiro atoms. The van der Waals surface area contributed by atoms with Crippen molar-refractivity contribution in [3.05, 3.63) is 23.1 Å². The Kier molecular flexibility index (Phi) is 1.77. The van der Waals surface area contributed by atoms with E-state index in [4.69, 9.17) is 0 Å². The highest BCUT2D eigenvalue weighted by Crippen LogP contribution is 2.36. The van der Waals surface area contributed by atoms with Crippen molar-refractivity contribution in [2.45, 2.75) is 11.8 Å². The lowest BCUT2D eigenvalue weighted by Gasteiger charge is -1.98. The van der Waals surface area contributed by atoms with Gasteiger partial charge in [-0.2, -0.15) is 0 Å². The van der Waals surface area contributed by atoms with Gasteiger partial charge in [0.15, 0.2) is 0 Å². The first kappa shape index (κ1) is 7.95. The van der Waals surface area contributed by atoms with Crippen LogP contribution >= 0.6 is 24.0 Å². The number of hydrogen-bond acceptors (Lipinski definition) is 3. The second-order valence-corrected chi connectivity index (χ2v) is 4.09. The second-order valence-electron chi connectivity index (χ2n) is 2.73. The largest absolute Gasteiger partial charge is 0.507 e. The molecule has 0 aliphatic heterocycles. The van der Waals surface area contributed by atoms with Gasteiger partial charge in [0.05, 0.1) is 0 Å². The molecule has 1 N–H and O–H groups in total. The molecule has 0 saturated heterocycles. The molecule has 0 amide bonds. The monoisotopic (exact) mass is 196 g/mol. The van der Waals surface area contributed by atoms with Crippen molar-refractivity contribution in [3.63, 3.8) is 0 Å². The van der Waals surface area contributed by atoms with Crippen LogP contribution in [0.1, 0.15) is 5.56 Å². The summed E-state index contributed by atoms with van der Waals surface area (Å²) < 4.78 is 1.13. The summed E-state index contributed by atoms with van der Waals surface area (Å²) >= 11 is 5.89. The van der Waals surface area contributed by atoms with Crippen LogP contribution in [0.25, 0.3) is 10.1 Å². The second kappa shape index (κ2) is 2.68. The summed E-state index contributed by atoms with van der Waals surface area (Å²) in [5.74, 6) is 0.321. The van der Waals surface area contributed by atoms with Crippen molar-refractivity contribution >= 4 is 34.1 Å². The Labute approximate surface area is 80.1 Å². The van der Waals surface area contributed by atoms with E-state index in [0.29, 0.717) is 5.75 Å². The van der Waals surface area contributed by atoms with Crippen molar-refractivity contribution in [1.82, 2.24) is 0 Å². The molecule has 0 aliphatic carbocycles. The smallest absolute Gasteiger partial charge is 0.125 e. The number of thiophene rings is 1. The molecule has 12 heavy (non-hydrogen) atoms. The maximum atomic E-state index is 9.52. The number of phenols is 1. The fourth-order valence-electron chi connectivity index (χ4n) is 1.25. The van der Waals surface area contributed by atoms with E-state index >= 15 is 0 Å². The molecule has 2 aromatic rings. The number of aryl methyl sites for hydroxylation is 1. The number of benzene rings is 1. The Morgan fingerprint density at radius 3 is 2.83 bits per heavy atom. The first-order chi connectivity index (χ1) is 5.70. The van der Waals surface area contributed by atoms with E-state index in [9.17, 15) is 5.11 Å². The summed E-state index contributed by atoms with van der Waals surface area (Å²) in [7, 11) is 0. The van der Waals surface area contributed by atoms with E-state index < -0.39 is 0 Å². The van der Waals surface area contributed by atoms with Gasteiger partial charge in [0, 0.05) is 20.4 Å². The van der Waals surface area contributed by atoms with Gasteiger partial charge < -0.3 is 5.11 Å². The third-order valence-corrected chi connectivity index (χ3v) is 3.52. The van der Waals surface area contributed by atoms with Gasteiger partial charge in [-0.15, -0.1) is 24.0 Å². The minimum Gasteiger partial charge on any atom is -0.507 e. The van der Waals surface area contributed by atoms with Gasteiger partial charge in [0.2, 0.25) is 0 Å². The Hall–Kier alpha value is -0.670. The van der Waals surface area contributed by atoms with Crippen LogP contribution in [0.3, 0.4) is 0 Å². The number of phenolic OH excluding ortho intramolecular Hbond substituents is 1. The zero-order chi connectivity index (χ0) is 8.72. The number of fused-ring (bicyclic) bond motifs is 1. The number of hydrogen-bond donors (Lipinski definition) is 2. The lowest BCUT2D eigenvalue weighted by molar-refractivity contribution is 0.481. The molecule has 0 saturated carbocycles. The van der Waals surface area contributed by atoms with Crippen LogP contribution in [0.5, 0.6) is 5.75 Å². The lowest BCUT2D eigenvalue weighted by atomic mass is 10.2. The molecule has 0 atom stereocenters. The van der Waals surface area contributed by atoms with Gasteiger partial charge in [0.25, 0.3) is 0 Å². The molecule has 1 nitrogen and oxygen atoms in total. The normalized spacial score (nSPS) is 10.8. The Morgan fingerprint density at radius 2 is 2.17 bits per heavy atom. The highest BCUT2D eigenvalue weighted by molar-refractivity contribution is 7.80. The molecule has 0 aliphatic rings. The molecule has 3 heteroatoms. The van der Waals surface area contributed by atoms with E-state index in [0.717, 1.165) is 15.0 Å². The van der Waals surface area contributed by atoms with E-state index in [2.05, 4.69) is 12.6 Å². The minimum atomic E-state index is 0.321. The maximum absolute atomic E-state index is 9.52. The van der Waals surface area contributed by atoms with Crippen LogP contribution < -0.4 is 0 Å². The average Bonchev–Trinajstić information content (AvgIpc) is 2.42. The number of rotatable bonds is 0. The summed E-state index contributed by atoms with van der Waals surface area (Å²) in [5.41, 5.74) is 1.19. The first-order valence-corrected chi connectivity index (χ1v) is 4.91. The van der Waals surface area contributed by atoms with Gasteiger partial charge in [0.1, 0.15) is 5.75 Å². The molecule has 1 aromatic heterocycles. The molecule has 0 unspecified atom stereocenters. The quantitative estimate of drug-likeness (QED) is 0.620. The van der Waals surface area contributed by atoms with Crippen molar-refractivity contribution in [3.8, 4) is 5.75 Å². The van der Waals surface area contributed by atoms with E-state index in [1.54, 1.807) is 17.4 Å². The number of aromatic hydroxyl groups is 1. The van der Waals surface area contributed by atoms with Crippen LogP contribution in [-0.2, 0) is 0 Å². The topological polar surface area (TPSA) is 20.2 Å². The van der Waals surface area contributed by atoms with Crippen LogP contribution in [0, 0.1) is 6.92 Å². The van der Waals surface area contributed by atoms with Crippen molar-refractivity contribution in [2.75, 3.05) is 0 Å².